The molecule has 0 fully saturated rings. The number of allylic oxidation sites excluding steroid dienone is 4. The summed E-state index contributed by atoms with van der Waals surface area (Å²) in [6.45, 7) is 8.32. The zero-order valence-electron chi connectivity index (χ0n) is 12.4. The van der Waals surface area contributed by atoms with Gasteiger partial charge in [0, 0.05) is 0 Å². The third-order valence-electron chi connectivity index (χ3n) is 2.47. The lowest BCUT2D eigenvalue weighted by molar-refractivity contribution is -0.152. The van der Waals surface area contributed by atoms with E-state index in [0.717, 1.165) is 19.3 Å². The third kappa shape index (κ3) is 10.1. The van der Waals surface area contributed by atoms with Gasteiger partial charge in [0.15, 0.2) is 0 Å². The van der Waals surface area contributed by atoms with E-state index in [1.165, 1.54) is 12.8 Å². The number of carbonyl (C=O) groups is 1. The molecular formula is C16H28O2. The lowest BCUT2D eigenvalue weighted by atomic mass is 9.97. The van der Waals surface area contributed by atoms with Crippen molar-refractivity contribution in [3.8, 4) is 0 Å². The van der Waals surface area contributed by atoms with Gasteiger partial charge >= 0.3 is 5.97 Å². The second-order valence-electron chi connectivity index (χ2n) is 5.53. The largest absolute Gasteiger partial charge is 0.465 e. The minimum atomic E-state index is -0.391. The number of hydrogen-bond donors (Lipinski definition) is 0. The summed E-state index contributed by atoms with van der Waals surface area (Å²) in [5.41, 5.74) is -0.391. The molecule has 0 spiro atoms. The Labute approximate surface area is 112 Å². The first-order valence-corrected chi connectivity index (χ1v) is 6.97. The van der Waals surface area contributed by atoms with Gasteiger partial charge in [0.25, 0.3) is 0 Å². The lowest BCUT2D eigenvalue weighted by Crippen LogP contribution is -2.23. The van der Waals surface area contributed by atoms with Crippen molar-refractivity contribution in [1.82, 2.24) is 0 Å². The molecule has 0 amide bonds. The van der Waals surface area contributed by atoms with Crippen LogP contribution in [0.2, 0.25) is 0 Å². The number of unbranched alkanes of at least 4 members (excludes halogenated alkanes) is 3. The number of ether oxygens (including phenoxy) is 1. The molecule has 0 aromatic heterocycles. The second-order valence-corrected chi connectivity index (χ2v) is 5.53. The predicted molar refractivity (Wildman–Crippen MR) is 77.5 cm³/mol. The molecule has 0 aliphatic heterocycles. The fourth-order valence-electron chi connectivity index (χ4n) is 1.25. The van der Waals surface area contributed by atoms with E-state index in [4.69, 9.17) is 4.74 Å². The number of carbonyl (C=O) groups excluding carboxylic acids is 1. The summed E-state index contributed by atoms with van der Waals surface area (Å²) in [5, 5.41) is 0. The highest BCUT2D eigenvalue weighted by molar-refractivity contribution is 5.75. The maximum absolute atomic E-state index is 11.4. The molecule has 0 unspecified atom stereocenters. The molecule has 18 heavy (non-hydrogen) atoms. The Hall–Kier alpha value is -1.05. The zero-order chi connectivity index (χ0) is 13.9. The van der Waals surface area contributed by atoms with E-state index in [9.17, 15) is 4.79 Å². The highest BCUT2D eigenvalue weighted by Gasteiger charge is 2.22. The Bertz CT molecular complexity index is 269. The average molecular weight is 252 g/mol. The van der Waals surface area contributed by atoms with E-state index in [1.807, 2.05) is 20.8 Å². The van der Waals surface area contributed by atoms with Gasteiger partial charge in [-0.15, -0.1) is 0 Å². The van der Waals surface area contributed by atoms with Crippen LogP contribution in [0.25, 0.3) is 0 Å². The molecule has 104 valence electrons. The number of hydrogen-bond acceptors (Lipinski definition) is 2. The number of esters is 1. The van der Waals surface area contributed by atoms with Crippen LogP contribution in [0.1, 0.15) is 59.8 Å². The van der Waals surface area contributed by atoms with E-state index in [0.29, 0.717) is 6.61 Å². The van der Waals surface area contributed by atoms with Crippen molar-refractivity contribution in [3.05, 3.63) is 24.3 Å². The molecule has 2 heteroatoms. The molecule has 0 heterocycles. The van der Waals surface area contributed by atoms with Crippen LogP contribution in [0.5, 0.6) is 0 Å². The van der Waals surface area contributed by atoms with E-state index >= 15 is 0 Å². The molecule has 0 aliphatic carbocycles. The summed E-state index contributed by atoms with van der Waals surface area (Å²) in [5.74, 6) is -0.119. The average Bonchev–Trinajstić information content (AvgIpc) is 2.30. The maximum atomic E-state index is 11.4. The third-order valence-corrected chi connectivity index (χ3v) is 2.47. The van der Waals surface area contributed by atoms with E-state index < -0.39 is 5.41 Å². The number of rotatable bonds is 8. The standard InChI is InChI=1S/C16H28O2/c1-5-6-7-8-9-10-11-12-13-14-18-15(17)16(2,3)4/h8-11H,5-7,12-14H2,1-4H3/b9-8+,11-10-. The van der Waals surface area contributed by atoms with Gasteiger partial charge in [-0.05, 0) is 40.0 Å². The van der Waals surface area contributed by atoms with Crippen molar-refractivity contribution in [3.63, 3.8) is 0 Å². The molecule has 0 saturated carbocycles. The molecule has 0 radical (unpaired) electrons. The first kappa shape index (κ1) is 16.9. The minimum Gasteiger partial charge on any atom is -0.465 e. The van der Waals surface area contributed by atoms with Crippen LogP contribution in [0.3, 0.4) is 0 Å². The molecular weight excluding hydrogens is 224 g/mol. The highest BCUT2D eigenvalue weighted by Crippen LogP contribution is 2.15. The fraction of sp³-hybridized carbons (Fsp3) is 0.688. The lowest BCUT2D eigenvalue weighted by Gasteiger charge is -2.16. The normalized spacial score (nSPS) is 12.4. The Balaban J connectivity index is 3.48. The van der Waals surface area contributed by atoms with Crippen LogP contribution in [0.4, 0.5) is 0 Å². The van der Waals surface area contributed by atoms with Gasteiger partial charge in [0.05, 0.1) is 12.0 Å². The Kier molecular flexibility index (Phi) is 9.35. The molecule has 0 atom stereocenters. The zero-order valence-corrected chi connectivity index (χ0v) is 12.4. The van der Waals surface area contributed by atoms with Crippen LogP contribution in [0.15, 0.2) is 24.3 Å². The first-order valence-electron chi connectivity index (χ1n) is 6.97. The Morgan fingerprint density at radius 3 is 2.11 bits per heavy atom. The quantitative estimate of drug-likeness (QED) is 0.357. The summed E-state index contributed by atoms with van der Waals surface area (Å²) in [4.78, 5) is 11.4. The summed E-state index contributed by atoms with van der Waals surface area (Å²) >= 11 is 0. The smallest absolute Gasteiger partial charge is 0.311 e. The molecule has 0 saturated heterocycles. The molecule has 0 N–H and O–H groups in total. The van der Waals surface area contributed by atoms with Crippen molar-refractivity contribution in [2.24, 2.45) is 5.41 Å². The molecule has 0 bridgehead atoms. The van der Waals surface area contributed by atoms with Crippen LogP contribution < -0.4 is 0 Å². The second kappa shape index (κ2) is 9.93. The van der Waals surface area contributed by atoms with Crippen molar-refractivity contribution < 1.29 is 9.53 Å². The highest BCUT2D eigenvalue weighted by atomic mass is 16.5. The SMILES string of the molecule is CCCC/C=C/C=C\CCCOC(=O)C(C)(C)C. The van der Waals surface area contributed by atoms with E-state index in [-0.39, 0.29) is 5.97 Å². The van der Waals surface area contributed by atoms with E-state index in [2.05, 4.69) is 31.2 Å². The Morgan fingerprint density at radius 1 is 1.06 bits per heavy atom. The molecule has 2 nitrogen and oxygen atoms in total. The van der Waals surface area contributed by atoms with Gasteiger partial charge in [0.1, 0.15) is 0 Å². The Morgan fingerprint density at radius 2 is 1.61 bits per heavy atom. The minimum absolute atomic E-state index is 0.119. The molecule has 0 rings (SSSR count). The van der Waals surface area contributed by atoms with Gasteiger partial charge in [-0.25, -0.2) is 0 Å². The summed E-state index contributed by atoms with van der Waals surface area (Å²) < 4.78 is 5.18. The van der Waals surface area contributed by atoms with Crippen molar-refractivity contribution in [2.45, 2.75) is 59.8 Å². The van der Waals surface area contributed by atoms with Gasteiger partial charge in [-0.2, -0.15) is 0 Å². The summed E-state index contributed by atoms with van der Waals surface area (Å²) in [6.07, 6.45) is 14.0. The van der Waals surface area contributed by atoms with Crippen molar-refractivity contribution in [1.29, 1.82) is 0 Å². The van der Waals surface area contributed by atoms with E-state index in [1.54, 1.807) is 0 Å². The summed E-state index contributed by atoms with van der Waals surface area (Å²) in [6, 6.07) is 0. The van der Waals surface area contributed by atoms with Gasteiger partial charge in [-0.1, -0.05) is 44.1 Å². The maximum Gasteiger partial charge on any atom is 0.311 e. The first-order chi connectivity index (χ1) is 8.48. The summed E-state index contributed by atoms with van der Waals surface area (Å²) in [7, 11) is 0. The van der Waals surface area contributed by atoms with Gasteiger partial charge in [0.2, 0.25) is 0 Å². The molecule has 0 aromatic carbocycles. The predicted octanol–water partition coefficient (Wildman–Crippen LogP) is 4.66. The van der Waals surface area contributed by atoms with Crippen molar-refractivity contribution >= 4 is 5.97 Å². The van der Waals surface area contributed by atoms with Gasteiger partial charge in [-0.3, -0.25) is 4.79 Å². The van der Waals surface area contributed by atoms with Crippen LogP contribution >= 0.6 is 0 Å². The van der Waals surface area contributed by atoms with Gasteiger partial charge < -0.3 is 4.74 Å². The topological polar surface area (TPSA) is 26.3 Å². The van der Waals surface area contributed by atoms with Crippen LogP contribution in [-0.4, -0.2) is 12.6 Å². The molecule has 0 aromatic rings. The monoisotopic (exact) mass is 252 g/mol. The van der Waals surface area contributed by atoms with Crippen LogP contribution in [-0.2, 0) is 9.53 Å². The fourth-order valence-corrected chi connectivity index (χ4v) is 1.25. The molecule has 0 aliphatic rings. The van der Waals surface area contributed by atoms with Crippen LogP contribution in [0, 0.1) is 5.41 Å². The van der Waals surface area contributed by atoms with Crippen molar-refractivity contribution in [2.75, 3.05) is 6.61 Å².